The molecule has 2 N–H and O–H groups in total. The van der Waals surface area contributed by atoms with Gasteiger partial charge < -0.3 is 24.6 Å². The number of piperidine rings is 2. The minimum absolute atomic E-state index is 0.361. The maximum Gasteiger partial charge on any atom is 0.414 e. The van der Waals surface area contributed by atoms with E-state index in [1.807, 2.05) is 6.07 Å². The van der Waals surface area contributed by atoms with Crippen molar-refractivity contribution in [2.24, 2.45) is 0 Å². The summed E-state index contributed by atoms with van der Waals surface area (Å²) in [5, 5.41) is 14.8. The van der Waals surface area contributed by atoms with Gasteiger partial charge in [0.05, 0.1) is 0 Å². The third kappa shape index (κ3) is 5.59. The molecule has 1 aromatic carbocycles. The molecule has 0 saturated carbocycles. The first-order valence-electron chi connectivity index (χ1n) is 9.84. The highest BCUT2D eigenvalue weighted by molar-refractivity contribution is 6.27. The second-order valence-corrected chi connectivity index (χ2v) is 7.40. The van der Waals surface area contributed by atoms with E-state index in [4.69, 9.17) is 29.3 Å². The van der Waals surface area contributed by atoms with E-state index in [0.717, 1.165) is 24.1 Å². The van der Waals surface area contributed by atoms with Crippen molar-refractivity contribution in [2.45, 2.75) is 44.7 Å². The normalized spacial score (nSPS) is 20.3. The number of ether oxygens (including phenoxy) is 2. The number of hydrogen-bond acceptors (Lipinski definition) is 6. The van der Waals surface area contributed by atoms with Crippen LogP contribution < -0.4 is 9.47 Å². The van der Waals surface area contributed by atoms with Crippen LogP contribution in [-0.2, 0) is 16.1 Å². The molecule has 154 valence electrons. The quantitative estimate of drug-likeness (QED) is 0.754. The minimum Gasteiger partial charge on any atom is -0.473 e. The minimum atomic E-state index is -1.82. The lowest BCUT2D eigenvalue weighted by Gasteiger charge is -2.40. The van der Waals surface area contributed by atoms with Crippen molar-refractivity contribution in [3.8, 4) is 11.5 Å². The summed E-state index contributed by atoms with van der Waals surface area (Å²) in [7, 11) is 0. The number of likely N-dealkylation sites (tertiary alicyclic amines) is 2. The highest BCUT2D eigenvalue weighted by Crippen LogP contribution is 2.33. The number of carboxylic acids is 2. The SMILES string of the molecule is O=C(O)C(=O)O.c1cc2c(cc1CN1CCC(N3CCCCC3)CC1)OCO2. The van der Waals surface area contributed by atoms with Gasteiger partial charge in [0.15, 0.2) is 11.5 Å². The average molecular weight is 392 g/mol. The first-order valence-corrected chi connectivity index (χ1v) is 9.84. The molecule has 0 atom stereocenters. The molecule has 28 heavy (non-hydrogen) atoms. The van der Waals surface area contributed by atoms with Crippen LogP contribution in [0.1, 0.15) is 37.7 Å². The maximum absolute atomic E-state index is 9.10. The van der Waals surface area contributed by atoms with Crippen molar-refractivity contribution in [1.29, 1.82) is 0 Å². The van der Waals surface area contributed by atoms with Gasteiger partial charge in [-0.1, -0.05) is 12.5 Å². The number of nitrogens with zero attached hydrogens (tertiary/aromatic N) is 2. The van der Waals surface area contributed by atoms with Gasteiger partial charge >= 0.3 is 11.9 Å². The lowest BCUT2D eigenvalue weighted by molar-refractivity contribution is -0.159. The Bertz CT molecular complexity index is 669. The molecule has 8 nitrogen and oxygen atoms in total. The largest absolute Gasteiger partial charge is 0.473 e. The van der Waals surface area contributed by atoms with Crippen molar-refractivity contribution in [3.63, 3.8) is 0 Å². The zero-order chi connectivity index (χ0) is 19.9. The van der Waals surface area contributed by atoms with Crippen molar-refractivity contribution in [2.75, 3.05) is 33.0 Å². The summed E-state index contributed by atoms with van der Waals surface area (Å²) in [4.78, 5) is 23.5. The van der Waals surface area contributed by atoms with Gasteiger partial charge in [-0.3, -0.25) is 4.90 Å². The molecule has 4 rings (SSSR count). The molecule has 0 amide bonds. The molecule has 2 saturated heterocycles. The van der Waals surface area contributed by atoms with Crippen LogP contribution in [0.25, 0.3) is 0 Å². The summed E-state index contributed by atoms with van der Waals surface area (Å²) in [6.45, 7) is 6.48. The van der Waals surface area contributed by atoms with E-state index in [9.17, 15) is 0 Å². The van der Waals surface area contributed by atoms with Crippen molar-refractivity contribution >= 4 is 11.9 Å². The molecule has 1 aromatic rings. The van der Waals surface area contributed by atoms with E-state index < -0.39 is 11.9 Å². The Balaban J connectivity index is 0.000000330. The van der Waals surface area contributed by atoms with Crippen LogP contribution >= 0.6 is 0 Å². The van der Waals surface area contributed by atoms with Gasteiger partial charge in [-0.25, -0.2) is 9.59 Å². The fraction of sp³-hybridized carbons (Fsp3) is 0.600. The molecular weight excluding hydrogens is 364 g/mol. The smallest absolute Gasteiger partial charge is 0.414 e. The lowest BCUT2D eigenvalue weighted by Crippen LogP contribution is -2.46. The lowest BCUT2D eigenvalue weighted by atomic mass is 9.99. The average Bonchev–Trinajstić information content (AvgIpc) is 3.17. The molecule has 0 radical (unpaired) electrons. The van der Waals surface area contributed by atoms with Crippen LogP contribution in [-0.4, -0.2) is 71.0 Å². The van der Waals surface area contributed by atoms with E-state index in [0.29, 0.717) is 6.79 Å². The van der Waals surface area contributed by atoms with Crippen LogP contribution in [0.2, 0.25) is 0 Å². The van der Waals surface area contributed by atoms with Gasteiger partial charge in [0.1, 0.15) is 0 Å². The zero-order valence-electron chi connectivity index (χ0n) is 16.0. The van der Waals surface area contributed by atoms with E-state index in [2.05, 4.69) is 21.9 Å². The van der Waals surface area contributed by atoms with E-state index in [-0.39, 0.29) is 0 Å². The van der Waals surface area contributed by atoms with E-state index in [1.54, 1.807) is 0 Å². The maximum atomic E-state index is 9.10. The van der Waals surface area contributed by atoms with Crippen LogP contribution in [0.3, 0.4) is 0 Å². The summed E-state index contributed by atoms with van der Waals surface area (Å²) < 4.78 is 10.9. The number of carboxylic acid groups (broad SMARTS) is 2. The van der Waals surface area contributed by atoms with Gasteiger partial charge in [-0.05, 0) is 69.6 Å². The molecule has 3 aliphatic rings. The first kappa shape index (κ1) is 20.4. The fourth-order valence-electron chi connectivity index (χ4n) is 4.02. The molecule has 0 unspecified atom stereocenters. The summed E-state index contributed by atoms with van der Waals surface area (Å²) in [5.74, 6) is -1.86. The molecule has 0 aliphatic carbocycles. The number of rotatable bonds is 3. The number of benzene rings is 1. The first-order chi connectivity index (χ1) is 13.5. The Morgan fingerprint density at radius 3 is 2.21 bits per heavy atom. The fourth-order valence-corrected chi connectivity index (χ4v) is 4.02. The second-order valence-electron chi connectivity index (χ2n) is 7.40. The van der Waals surface area contributed by atoms with Gasteiger partial charge in [-0.2, -0.15) is 0 Å². The molecule has 8 heteroatoms. The van der Waals surface area contributed by atoms with Gasteiger partial charge in [-0.15, -0.1) is 0 Å². The topological polar surface area (TPSA) is 99.5 Å². The number of hydrogen-bond donors (Lipinski definition) is 2. The van der Waals surface area contributed by atoms with Crippen LogP contribution in [0.5, 0.6) is 11.5 Å². The molecular formula is C20H28N2O6. The Labute approximate surface area is 164 Å². The predicted molar refractivity (Wildman–Crippen MR) is 102 cm³/mol. The molecule has 0 spiro atoms. The van der Waals surface area contributed by atoms with Crippen molar-refractivity contribution in [3.05, 3.63) is 23.8 Å². The monoisotopic (exact) mass is 392 g/mol. The standard InChI is InChI=1S/C18H26N2O2.C2H2O4/c1-2-8-20(9-3-1)16-6-10-19(11-7-16)13-15-4-5-17-18(12-15)22-14-21-17;3-1(4)2(5)6/h4-5,12,16H,1-3,6-11,13-14H2;(H,3,4)(H,5,6). The molecule has 0 aromatic heterocycles. The van der Waals surface area contributed by atoms with Gasteiger partial charge in [0.25, 0.3) is 0 Å². The van der Waals surface area contributed by atoms with Gasteiger partial charge in [0, 0.05) is 12.6 Å². The zero-order valence-corrected chi connectivity index (χ0v) is 16.0. The van der Waals surface area contributed by atoms with Crippen molar-refractivity contribution < 1.29 is 29.3 Å². The Kier molecular flexibility index (Phi) is 7.11. The van der Waals surface area contributed by atoms with Crippen LogP contribution in [0, 0.1) is 0 Å². The van der Waals surface area contributed by atoms with E-state index >= 15 is 0 Å². The number of aliphatic carboxylic acids is 2. The Hall–Kier alpha value is -2.32. The Morgan fingerprint density at radius 1 is 0.929 bits per heavy atom. The number of carbonyl (C=O) groups is 2. The second kappa shape index (κ2) is 9.75. The van der Waals surface area contributed by atoms with Crippen molar-refractivity contribution in [1.82, 2.24) is 9.80 Å². The summed E-state index contributed by atoms with van der Waals surface area (Å²) >= 11 is 0. The highest BCUT2D eigenvalue weighted by Gasteiger charge is 2.25. The predicted octanol–water partition coefficient (Wildman–Crippen LogP) is 2.02. The molecule has 3 heterocycles. The molecule has 0 bridgehead atoms. The van der Waals surface area contributed by atoms with Crippen LogP contribution in [0.15, 0.2) is 18.2 Å². The third-order valence-corrected chi connectivity index (χ3v) is 5.49. The van der Waals surface area contributed by atoms with Gasteiger partial charge in [0.2, 0.25) is 6.79 Å². The highest BCUT2D eigenvalue weighted by atomic mass is 16.7. The summed E-state index contributed by atoms with van der Waals surface area (Å²) in [6, 6.07) is 7.18. The number of fused-ring (bicyclic) bond motifs is 1. The summed E-state index contributed by atoms with van der Waals surface area (Å²) in [6.07, 6.45) is 6.88. The molecule has 3 aliphatic heterocycles. The Morgan fingerprint density at radius 2 is 1.57 bits per heavy atom. The summed E-state index contributed by atoms with van der Waals surface area (Å²) in [5.41, 5.74) is 1.33. The molecule has 2 fully saturated rings. The van der Waals surface area contributed by atoms with E-state index in [1.165, 1.54) is 63.8 Å². The third-order valence-electron chi connectivity index (χ3n) is 5.49. The van der Waals surface area contributed by atoms with Crippen LogP contribution in [0.4, 0.5) is 0 Å².